The van der Waals surface area contributed by atoms with Gasteiger partial charge < -0.3 is 15.8 Å². The highest BCUT2D eigenvalue weighted by Gasteiger charge is 2.11. The van der Waals surface area contributed by atoms with Gasteiger partial charge in [-0.05, 0) is 0 Å². The number of nitrogens with two attached hydrogens (primary N) is 1. The van der Waals surface area contributed by atoms with Crippen molar-refractivity contribution in [3.8, 4) is 0 Å². The number of carbonyl (C=O) groups excluding carboxylic acids is 2. The first kappa shape index (κ1) is 11.2. The summed E-state index contributed by atoms with van der Waals surface area (Å²) in [7, 11) is 1.24. The van der Waals surface area contributed by atoms with Crippen LogP contribution in [0.5, 0.6) is 0 Å². The second kappa shape index (κ2) is 5.84. The second-order valence-electron chi connectivity index (χ2n) is 2.08. The van der Waals surface area contributed by atoms with Crippen LogP contribution in [-0.2, 0) is 14.3 Å². The number of thiol groups is 1. The van der Waals surface area contributed by atoms with Gasteiger partial charge >= 0.3 is 5.97 Å². The number of ether oxygens (including phenoxy) is 1. The van der Waals surface area contributed by atoms with E-state index in [9.17, 15) is 9.59 Å². The van der Waals surface area contributed by atoms with Crippen molar-refractivity contribution in [2.75, 3.05) is 19.4 Å². The molecular weight excluding hydrogens is 180 g/mol. The van der Waals surface area contributed by atoms with E-state index in [1.807, 2.05) is 0 Å². The van der Waals surface area contributed by atoms with Gasteiger partial charge in [-0.15, -0.1) is 0 Å². The topological polar surface area (TPSA) is 81.4 Å². The summed E-state index contributed by atoms with van der Waals surface area (Å²) < 4.78 is 4.30. The highest BCUT2D eigenvalue weighted by atomic mass is 32.1. The van der Waals surface area contributed by atoms with Gasteiger partial charge in [0.2, 0.25) is 5.91 Å². The van der Waals surface area contributed by atoms with Crippen LogP contribution in [0.2, 0.25) is 0 Å². The van der Waals surface area contributed by atoms with Crippen molar-refractivity contribution in [2.24, 2.45) is 5.73 Å². The number of carbonyl (C=O) groups is 2. The molecule has 0 aliphatic carbocycles. The number of esters is 1. The number of hydrogen-bond acceptors (Lipinski definition) is 5. The number of methoxy groups -OCH3 is 1. The van der Waals surface area contributed by atoms with E-state index >= 15 is 0 Å². The van der Waals surface area contributed by atoms with E-state index < -0.39 is 17.9 Å². The predicted molar refractivity (Wildman–Crippen MR) is 46.9 cm³/mol. The SMILES string of the molecule is COC(=O)CNC(=O)C(N)CS. The summed E-state index contributed by atoms with van der Waals surface area (Å²) in [6.07, 6.45) is 0. The molecule has 0 aromatic carbocycles. The Labute approximate surface area is 76.0 Å². The molecule has 0 heterocycles. The molecule has 70 valence electrons. The van der Waals surface area contributed by atoms with Gasteiger partial charge in [0.15, 0.2) is 0 Å². The van der Waals surface area contributed by atoms with Crippen molar-refractivity contribution >= 4 is 24.5 Å². The smallest absolute Gasteiger partial charge is 0.325 e. The van der Waals surface area contributed by atoms with Gasteiger partial charge in [0, 0.05) is 5.75 Å². The van der Waals surface area contributed by atoms with Gasteiger partial charge in [-0.2, -0.15) is 12.6 Å². The van der Waals surface area contributed by atoms with Crippen molar-refractivity contribution in [2.45, 2.75) is 6.04 Å². The Morgan fingerprint density at radius 2 is 2.25 bits per heavy atom. The van der Waals surface area contributed by atoms with Crippen LogP contribution < -0.4 is 11.1 Å². The third kappa shape index (κ3) is 4.20. The van der Waals surface area contributed by atoms with Gasteiger partial charge in [-0.25, -0.2) is 0 Å². The molecule has 0 fully saturated rings. The van der Waals surface area contributed by atoms with Gasteiger partial charge in [0.25, 0.3) is 0 Å². The average Bonchev–Trinajstić information content (AvgIpc) is 2.11. The summed E-state index contributed by atoms with van der Waals surface area (Å²) in [6.45, 7) is -0.156. The predicted octanol–water partition coefficient (Wildman–Crippen LogP) is -1.47. The maximum Gasteiger partial charge on any atom is 0.325 e. The summed E-state index contributed by atoms with van der Waals surface area (Å²) in [5, 5.41) is 2.30. The van der Waals surface area contributed by atoms with Crippen molar-refractivity contribution < 1.29 is 14.3 Å². The molecule has 0 radical (unpaired) electrons. The summed E-state index contributed by atoms with van der Waals surface area (Å²) in [6, 6.07) is -0.682. The van der Waals surface area contributed by atoms with Crippen molar-refractivity contribution in [3.63, 3.8) is 0 Å². The van der Waals surface area contributed by atoms with Crippen LogP contribution in [0.1, 0.15) is 0 Å². The molecule has 0 bridgehead atoms. The van der Waals surface area contributed by atoms with E-state index in [0.29, 0.717) is 0 Å². The molecule has 0 saturated heterocycles. The third-order valence-electron chi connectivity index (χ3n) is 1.17. The van der Waals surface area contributed by atoms with Crippen LogP contribution in [0, 0.1) is 0 Å². The van der Waals surface area contributed by atoms with E-state index in [-0.39, 0.29) is 12.3 Å². The zero-order chi connectivity index (χ0) is 9.56. The molecule has 1 unspecified atom stereocenters. The Hall–Kier alpha value is -0.750. The van der Waals surface area contributed by atoms with Gasteiger partial charge in [-0.1, -0.05) is 0 Å². The van der Waals surface area contributed by atoms with E-state index in [0.717, 1.165) is 0 Å². The molecule has 5 nitrogen and oxygen atoms in total. The zero-order valence-corrected chi connectivity index (χ0v) is 7.64. The molecule has 0 aromatic rings. The lowest BCUT2D eigenvalue weighted by Gasteiger charge is -2.07. The zero-order valence-electron chi connectivity index (χ0n) is 6.74. The molecule has 0 rings (SSSR count). The van der Waals surface area contributed by atoms with Crippen LogP contribution in [0.15, 0.2) is 0 Å². The fourth-order valence-electron chi connectivity index (χ4n) is 0.445. The van der Waals surface area contributed by atoms with E-state index in [1.54, 1.807) is 0 Å². The first-order valence-corrected chi connectivity index (χ1v) is 3.96. The highest BCUT2D eigenvalue weighted by Crippen LogP contribution is 1.82. The summed E-state index contributed by atoms with van der Waals surface area (Å²) in [4.78, 5) is 21.4. The Bertz CT molecular complexity index is 174. The Morgan fingerprint density at radius 1 is 1.67 bits per heavy atom. The van der Waals surface area contributed by atoms with Crippen LogP contribution in [0.4, 0.5) is 0 Å². The molecule has 3 N–H and O–H groups in total. The minimum Gasteiger partial charge on any atom is -0.468 e. The monoisotopic (exact) mass is 192 g/mol. The molecule has 0 aromatic heterocycles. The lowest BCUT2D eigenvalue weighted by atomic mass is 10.3. The fourth-order valence-corrected chi connectivity index (χ4v) is 0.611. The summed E-state index contributed by atoms with van der Waals surface area (Å²) in [5.74, 6) is -0.669. The molecule has 1 amide bonds. The van der Waals surface area contributed by atoms with E-state index in [2.05, 4.69) is 22.7 Å². The van der Waals surface area contributed by atoms with Gasteiger partial charge in [0.05, 0.1) is 13.2 Å². The van der Waals surface area contributed by atoms with E-state index in [1.165, 1.54) is 7.11 Å². The lowest BCUT2D eigenvalue weighted by Crippen LogP contribution is -2.43. The number of rotatable bonds is 4. The molecule has 12 heavy (non-hydrogen) atoms. The average molecular weight is 192 g/mol. The number of nitrogens with one attached hydrogen (secondary N) is 1. The second-order valence-corrected chi connectivity index (χ2v) is 2.45. The van der Waals surface area contributed by atoms with E-state index in [4.69, 9.17) is 5.73 Å². The fraction of sp³-hybridized carbons (Fsp3) is 0.667. The minimum atomic E-state index is -0.682. The first-order valence-electron chi connectivity index (χ1n) is 3.32. The Morgan fingerprint density at radius 3 is 2.67 bits per heavy atom. The third-order valence-corrected chi connectivity index (χ3v) is 1.56. The normalized spacial score (nSPS) is 11.9. The lowest BCUT2D eigenvalue weighted by molar-refractivity contribution is -0.141. The molecule has 0 aliphatic heterocycles. The van der Waals surface area contributed by atoms with Crippen molar-refractivity contribution in [1.82, 2.24) is 5.32 Å². The maximum atomic E-state index is 10.9. The van der Waals surface area contributed by atoms with Crippen LogP contribution in [0.25, 0.3) is 0 Å². The quantitative estimate of drug-likeness (QED) is 0.375. The first-order chi connectivity index (χ1) is 5.61. The van der Waals surface area contributed by atoms with Crippen LogP contribution in [-0.4, -0.2) is 37.3 Å². The Balaban J connectivity index is 3.64. The minimum absolute atomic E-state index is 0.156. The molecule has 1 atom stereocenters. The molecule has 0 aliphatic rings. The molecule has 6 heteroatoms. The maximum absolute atomic E-state index is 10.9. The van der Waals surface area contributed by atoms with Crippen molar-refractivity contribution in [1.29, 1.82) is 0 Å². The molecule has 0 saturated carbocycles. The van der Waals surface area contributed by atoms with Crippen molar-refractivity contribution in [3.05, 3.63) is 0 Å². The summed E-state index contributed by atoms with van der Waals surface area (Å²) in [5.41, 5.74) is 5.30. The Kier molecular flexibility index (Phi) is 5.48. The standard InChI is InChI=1S/C6H12N2O3S/c1-11-5(9)2-8-6(10)4(7)3-12/h4,12H,2-3,7H2,1H3,(H,8,10). The van der Waals surface area contributed by atoms with Crippen LogP contribution in [0.3, 0.4) is 0 Å². The van der Waals surface area contributed by atoms with Gasteiger partial charge in [-0.3, -0.25) is 9.59 Å². The number of hydrogen-bond donors (Lipinski definition) is 3. The summed E-state index contributed by atoms with van der Waals surface area (Å²) >= 11 is 3.82. The molecular formula is C6H12N2O3S. The molecule has 0 spiro atoms. The number of amides is 1. The largest absolute Gasteiger partial charge is 0.468 e. The van der Waals surface area contributed by atoms with Crippen LogP contribution >= 0.6 is 12.6 Å². The van der Waals surface area contributed by atoms with Gasteiger partial charge in [0.1, 0.15) is 6.54 Å². The highest BCUT2D eigenvalue weighted by molar-refractivity contribution is 7.80.